The lowest BCUT2D eigenvalue weighted by atomic mass is 9.85. The summed E-state index contributed by atoms with van der Waals surface area (Å²) in [4.78, 5) is 11.0. The number of ether oxygens (including phenoxy) is 2. The topological polar surface area (TPSA) is 82.1 Å². The first kappa shape index (κ1) is 18.0. The summed E-state index contributed by atoms with van der Waals surface area (Å²) >= 11 is 5.59. The average Bonchev–Trinajstić information content (AvgIpc) is 2.68. The number of nitrogens with zero attached hydrogens (tertiary/aromatic N) is 1. The van der Waals surface area contributed by atoms with E-state index in [4.69, 9.17) is 25.4 Å². The molecule has 1 aliphatic heterocycles. The Hall–Kier alpha value is -1.35. The van der Waals surface area contributed by atoms with Crippen LogP contribution in [0, 0.1) is 0 Å². The quantitative estimate of drug-likeness (QED) is 0.719. The molecule has 1 unspecified atom stereocenters. The number of benzene rings is 1. The lowest BCUT2D eigenvalue weighted by Gasteiger charge is -2.24. The molecule has 0 saturated heterocycles. The molecule has 0 spiro atoms. The summed E-state index contributed by atoms with van der Waals surface area (Å²) in [6.45, 7) is 4.57. The summed E-state index contributed by atoms with van der Waals surface area (Å²) in [7, 11) is -2.74. The van der Waals surface area contributed by atoms with E-state index in [1.807, 2.05) is 13.8 Å². The molecular formula is C14H18ClNO6S. The van der Waals surface area contributed by atoms with Crippen LogP contribution < -0.4 is 8.92 Å². The smallest absolute Gasteiger partial charge is 0.399 e. The highest BCUT2D eigenvalue weighted by Gasteiger charge is 2.42. The molecule has 0 amide bonds. The molecule has 0 fully saturated rings. The summed E-state index contributed by atoms with van der Waals surface area (Å²) in [6.07, 6.45) is -0.480. The number of carbonyl (C=O) groups excluding carboxylic acids is 1. The van der Waals surface area contributed by atoms with E-state index >= 15 is 0 Å². The fourth-order valence-electron chi connectivity index (χ4n) is 2.32. The maximum Gasteiger partial charge on any atom is 0.399 e. The van der Waals surface area contributed by atoms with Crippen molar-refractivity contribution >= 4 is 27.9 Å². The zero-order valence-electron chi connectivity index (χ0n) is 13.2. The zero-order chi connectivity index (χ0) is 17.4. The van der Waals surface area contributed by atoms with Crippen LogP contribution in [0.25, 0.3) is 0 Å². The molecule has 0 radical (unpaired) electrons. The fraction of sp³-hybridized carbons (Fsp3) is 0.500. The van der Waals surface area contributed by atoms with Crippen molar-refractivity contribution in [2.24, 2.45) is 0 Å². The molecule has 0 aromatic heterocycles. The van der Waals surface area contributed by atoms with Gasteiger partial charge in [-0.05, 0) is 50.7 Å². The van der Waals surface area contributed by atoms with Crippen molar-refractivity contribution in [3.05, 3.63) is 23.8 Å². The van der Waals surface area contributed by atoms with E-state index in [1.54, 1.807) is 12.1 Å². The van der Waals surface area contributed by atoms with Crippen molar-refractivity contribution in [2.45, 2.75) is 32.5 Å². The fourth-order valence-corrected chi connectivity index (χ4v) is 3.34. The summed E-state index contributed by atoms with van der Waals surface area (Å²) in [5.41, 5.74) is 0.275. The Morgan fingerprint density at radius 3 is 2.65 bits per heavy atom. The number of fused-ring (bicyclic) bond motifs is 1. The van der Waals surface area contributed by atoms with Crippen molar-refractivity contribution in [3.63, 3.8) is 0 Å². The molecule has 1 aromatic carbocycles. The van der Waals surface area contributed by atoms with Gasteiger partial charge in [0.15, 0.2) is 0 Å². The molecule has 128 valence electrons. The zero-order valence-corrected chi connectivity index (χ0v) is 14.8. The van der Waals surface area contributed by atoms with Crippen LogP contribution in [0.2, 0.25) is 0 Å². The number of carbonyl (C=O) groups is 1. The van der Waals surface area contributed by atoms with Crippen molar-refractivity contribution < 1.29 is 26.9 Å². The Bertz CT molecular complexity index is 718. The minimum Gasteiger partial charge on any atom is -0.464 e. The maximum absolute atomic E-state index is 12.0. The minimum absolute atomic E-state index is 0.0754. The van der Waals surface area contributed by atoms with E-state index in [2.05, 4.69) is 0 Å². The third-order valence-corrected chi connectivity index (χ3v) is 5.12. The van der Waals surface area contributed by atoms with Gasteiger partial charge in [-0.25, -0.2) is 0 Å². The Morgan fingerprint density at radius 1 is 1.43 bits per heavy atom. The minimum atomic E-state index is -4.28. The van der Waals surface area contributed by atoms with Crippen LogP contribution in [0.3, 0.4) is 0 Å². The van der Waals surface area contributed by atoms with Crippen LogP contribution in [0.5, 0.6) is 11.5 Å². The maximum atomic E-state index is 12.0. The van der Waals surface area contributed by atoms with Gasteiger partial charge in [-0.15, -0.1) is 0 Å². The van der Waals surface area contributed by atoms with E-state index < -0.39 is 34.3 Å². The van der Waals surface area contributed by atoms with Gasteiger partial charge in [0.25, 0.3) is 0 Å². The Balaban J connectivity index is 2.26. The molecule has 0 N–H and O–H groups in total. The highest BCUT2D eigenvalue weighted by Crippen LogP contribution is 2.44. The van der Waals surface area contributed by atoms with Crippen LogP contribution in [-0.4, -0.2) is 38.0 Å². The first-order valence-electron chi connectivity index (χ1n) is 6.79. The van der Waals surface area contributed by atoms with Gasteiger partial charge in [0, 0.05) is 12.7 Å². The van der Waals surface area contributed by atoms with E-state index in [0.29, 0.717) is 9.57 Å². The monoisotopic (exact) mass is 363 g/mol. The summed E-state index contributed by atoms with van der Waals surface area (Å²) in [5.74, 6) is 0.267. The van der Waals surface area contributed by atoms with Crippen molar-refractivity contribution in [2.75, 3.05) is 13.7 Å². The van der Waals surface area contributed by atoms with Gasteiger partial charge in [0.1, 0.15) is 17.3 Å². The molecule has 0 aliphatic carbocycles. The molecule has 0 bridgehead atoms. The molecule has 23 heavy (non-hydrogen) atoms. The largest absolute Gasteiger partial charge is 0.464 e. The summed E-state index contributed by atoms with van der Waals surface area (Å²) < 4.78 is 40.2. The van der Waals surface area contributed by atoms with Gasteiger partial charge in [-0.2, -0.15) is 8.42 Å². The van der Waals surface area contributed by atoms with Crippen LogP contribution in [-0.2, 0) is 25.3 Å². The van der Waals surface area contributed by atoms with E-state index in [9.17, 15) is 13.2 Å². The number of halogens is 1. The lowest BCUT2D eigenvalue weighted by Crippen LogP contribution is -2.33. The number of hydrogen-bond acceptors (Lipinski definition) is 6. The van der Waals surface area contributed by atoms with Crippen LogP contribution >= 0.6 is 11.8 Å². The highest BCUT2D eigenvalue weighted by atomic mass is 35.5. The number of rotatable bonds is 6. The molecule has 2 rings (SSSR count). The Morgan fingerprint density at radius 2 is 2.09 bits per heavy atom. The second-order valence-corrected chi connectivity index (χ2v) is 7.83. The number of hydrogen-bond donors (Lipinski definition) is 0. The SMILES string of the molecule is COC1Oc2ccc(OS(=O)(=O)N(Cl)CC(C)=O)cc2C1(C)C. The van der Waals surface area contributed by atoms with Gasteiger partial charge in [0.2, 0.25) is 6.29 Å². The van der Waals surface area contributed by atoms with Crippen LogP contribution in [0.1, 0.15) is 26.3 Å². The molecule has 9 heteroatoms. The third kappa shape index (κ3) is 3.60. The van der Waals surface area contributed by atoms with E-state index in [1.165, 1.54) is 20.1 Å². The number of Topliss-reactive ketones (excluding diaryl/α,β-unsaturated/α-hetero) is 1. The molecule has 1 atom stereocenters. The highest BCUT2D eigenvalue weighted by molar-refractivity contribution is 7.85. The van der Waals surface area contributed by atoms with Gasteiger partial charge in [-0.1, -0.05) is 3.82 Å². The van der Waals surface area contributed by atoms with Crippen molar-refractivity contribution in [1.29, 1.82) is 0 Å². The molecule has 0 saturated carbocycles. The van der Waals surface area contributed by atoms with Gasteiger partial charge in [-0.3, -0.25) is 4.79 Å². The molecular weight excluding hydrogens is 346 g/mol. The number of ketones is 1. The molecule has 1 aromatic rings. The second-order valence-electron chi connectivity index (χ2n) is 5.75. The average molecular weight is 364 g/mol. The van der Waals surface area contributed by atoms with Crippen molar-refractivity contribution in [1.82, 2.24) is 3.82 Å². The standard InChI is InChI=1S/C14H18ClNO6S/c1-9(17)8-16(15)23(18,19)22-10-5-6-12-11(7-10)14(2,3)13(20-4)21-12/h5-7,13H,8H2,1-4H3. The van der Waals surface area contributed by atoms with E-state index in [0.717, 1.165) is 5.56 Å². The predicted octanol–water partition coefficient (Wildman–Crippen LogP) is 2.00. The van der Waals surface area contributed by atoms with Crippen LogP contribution in [0.4, 0.5) is 0 Å². The van der Waals surface area contributed by atoms with Gasteiger partial charge < -0.3 is 13.7 Å². The van der Waals surface area contributed by atoms with Gasteiger partial charge in [0.05, 0.1) is 12.0 Å². The summed E-state index contributed by atoms with van der Waals surface area (Å²) in [5, 5.41) is 0. The number of methoxy groups -OCH3 is 1. The van der Waals surface area contributed by atoms with Crippen molar-refractivity contribution in [3.8, 4) is 11.5 Å². The molecule has 1 aliphatic rings. The first-order chi connectivity index (χ1) is 10.6. The second kappa shape index (κ2) is 6.27. The molecule has 7 nitrogen and oxygen atoms in total. The summed E-state index contributed by atoms with van der Waals surface area (Å²) in [6, 6.07) is 4.61. The molecule has 1 heterocycles. The van der Waals surface area contributed by atoms with Gasteiger partial charge >= 0.3 is 10.3 Å². The third-order valence-electron chi connectivity index (χ3n) is 3.47. The van der Waals surface area contributed by atoms with Crippen LogP contribution in [0.15, 0.2) is 18.2 Å². The first-order valence-corrected chi connectivity index (χ1v) is 8.49. The Labute approximate surface area is 140 Å². The lowest BCUT2D eigenvalue weighted by molar-refractivity contribution is -0.116. The normalized spacial score (nSPS) is 19.3. The predicted molar refractivity (Wildman–Crippen MR) is 83.7 cm³/mol. The van der Waals surface area contributed by atoms with E-state index in [-0.39, 0.29) is 5.75 Å². The Kier molecular flexibility index (Phi) is 4.91.